The molecule has 0 amide bonds. The van der Waals surface area contributed by atoms with Gasteiger partial charge in [0.2, 0.25) is 5.13 Å². The molecule has 2 heterocycles. The lowest BCUT2D eigenvalue weighted by molar-refractivity contribution is 0.366. The van der Waals surface area contributed by atoms with Crippen LogP contribution in [0.15, 0.2) is 0 Å². The van der Waals surface area contributed by atoms with Crippen molar-refractivity contribution in [2.24, 2.45) is 0 Å². The first-order valence-electron chi connectivity index (χ1n) is 7.72. The molecule has 0 bridgehead atoms. The highest BCUT2D eigenvalue weighted by Crippen LogP contribution is 2.28. The third-order valence-electron chi connectivity index (χ3n) is 3.69. The number of piperidine rings is 1. The maximum Gasteiger partial charge on any atom is 0.205 e. The van der Waals surface area contributed by atoms with Crippen LogP contribution in [0.2, 0.25) is 0 Å². The van der Waals surface area contributed by atoms with Crippen molar-refractivity contribution in [3.63, 3.8) is 0 Å². The van der Waals surface area contributed by atoms with Gasteiger partial charge < -0.3 is 10.2 Å². The van der Waals surface area contributed by atoms with E-state index in [0.717, 1.165) is 24.0 Å². The molecule has 1 aliphatic heterocycles. The Morgan fingerprint density at radius 1 is 1.35 bits per heavy atom. The second kappa shape index (κ2) is 6.39. The third-order valence-corrected chi connectivity index (χ3v) is 4.46. The highest BCUT2D eigenvalue weighted by atomic mass is 32.1. The van der Waals surface area contributed by atoms with Crippen molar-refractivity contribution in [2.45, 2.75) is 71.4 Å². The van der Waals surface area contributed by atoms with E-state index in [4.69, 9.17) is 4.98 Å². The van der Waals surface area contributed by atoms with Crippen LogP contribution in [-0.2, 0) is 0 Å². The lowest BCUT2D eigenvalue weighted by Crippen LogP contribution is -2.49. The molecular weight excluding hydrogens is 268 g/mol. The molecule has 1 N–H and O–H groups in total. The van der Waals surface area contributed by atoms with Gasteiger partial charge in [-0.3, -0.25) is 0 Å². The van der Waals surface area contributed by atoms with Crippen LogP contribution < -0.4 is 10.2 Å². The van der Waals surface area contributed by atoms with E-state index in [-0.39, 0.29) is 5.54 Å². The molecule has 1 aromatic rings. The standard InChI is InChI=1S/C15H28N4S/c1-11(2)13-17-14(20-18-13)19-9-7-6-8-12(19)10-16-15(3,4)5/h11-12,16H,6-10H2,1-5H3. The zero-order valence-corrected chi connectivity index (χ0v) is 14.3. The van der Waals surface area contributed by atoms with Crippen LogP contribution >= 0.6 is 11.5 Å². The molecule has 1 atom stereocenters. The number of aromatic nitrogens is 2. The van der Waals surface area contributed by atoms with Crippen molar-refractivity contribution in [2.75, 3.05) is 18.0 Å². The van der Waals surface area contributed by atoms with E-state index in [2.05, 4.69) is 49.2 Å². The average Bonchev–Trinajstić information content (AvgIpc) is 2.85. The molecule has 20 heavy (non-hydrogen) atoms. The second-order valence-electron chi connectivity index (χ2n) is 7.06. The van der Waals surface area contributed by atoms with E-state index in [1.165, 1.54) is 19.3 Å². The van der Waals surface area contributed by atoms with E-state index in [9.17, 15) is 0 Å². The van der Waals surface area contributed by atoms with Gasteiger partial charge in [-0.15, -0.1) is 0 Å². The Balaban J connectivity index is 2.05. The largest absolute Gasteiger partial charge is 0.343 e. The summed E-state index contributed by atoms with van der Waals surface area (Å²) in [6.45, 7) is 13.1. The average molecular weight is 296 g/mol. The zero-order chi connectivity index (χ0) is 14.8. The number of hydrogen-bond acceptors (Lipinski definition) is 5. The van der Waals surface area contributed by atoms with Crippen molar-refractivity contribution < 1.29 is 0 Å². The summed E-state index contributed by atoms with van der Waals surface area (Å²) in [4.78, 5) is 7.20. The molecule has 0 radical (unpaired) electrons. The summed E-state index contributed by atoms with van der Waals surface area (Å²) in [6, 6.07) is 0.552. The van der Waals surface area contributed by atoms with Gasteiger partial charge in [-0.1, -0.05) is 13.8 Å². The number of rotatable bonds is 4. The Labute approximate surface area is 127 Å². The van der Waals surface area contributed by atoms with Crippen molar-refractivity contribution in [3.05, 3.63) is 5.82 Å². The van der Waals surface area contributed by atoms with E-state index >= 15 is 0 Å². The van der Waals surface area contributed by atoms with E-state index in [0.29, 0.717) is 12.0 Å². The topological polar surface area (TPSA) is 41.1 Å². The Bertz CT molecular complexity index is 422. The maximum atomic E-state index is 4.73. The monoisotopic (exact) mass is 296 g/mol. The first kappa shape index (κ1) is 15.7. The molecule has 0 saturated carbocycles. The highest BCUT2D eigenvalue weighted by molar-refractivity contribution is 7.09. The molecular formula is C15H28N4S. The lowest BCUT2D eigenvalue weighted by Gasteiger charge is -2.37. The van der Waals surface area contributed by atoms with Crippen LogP contribution in [0.4, 0.5) is 5.13 Å². The van der Waals surface area contributed by atoms with Gasteiger partial charge in [-0.25, -0.2) is 4.98 Å². The van der Waals surface area contributed by atoms with Crippen LogP contribution in [-0.4, -0.2) is 34.0 Å². The molecule has 0 aromatic carbocycles. The van der Waals surface area contributed by atoms with Gasteiger partial charge in [0.1, 0.15) is 5.82 Å². The summed E-state index contributed by atoms with van der Waals surface area (Å²) >= 11 is 1.56. The number of anilines is 1. The van der Waals surface area contributed by atoms with Gasteiger partial charge in [-0.2, -0.15) is 4.37 Å². The van der Waals surface area contributed by atoms with Gasteiger partial charge in [0.25, 0.3) is 0 Å². The van der Waals surface area contributed by atoms with Gasteiger partial charge >= 0.3 is 0 Å². The fraction of sp³-hybridized carbons (Fsp3) is 0.867. The highest BCUT2D eigenvalue weighted by Gasteiger charge is 2.26. The minimum absolute atomic E-state index is 0.174. The molecule has 1 aliphatic rings. The molecule has 1 aromatic heterocycles. The molecule has 1 unspecified atom stereocenters. The molecule has 1 saturated heterocycles. The predicted octanol–water partition coefficient (Wildman–Crippen LogP) is 3.41. The fourth-order valence-corrected chi connectivity index (χ4v) is 3.37. The summed E-state index contributed by atoms with van der Waals surface area (Å²) < 4.78 is 4.50. The lowest BCUT2D eigenvalue weighted by atomic mass is 10.0. The maximum absolute atomic E-state index is 4.73. The third kappa shape index (κ3) is 4.16. The quantitative estimate of drug-likeness (QED) is 0.924. The van der Waals surface area contributed by atoms with Gasteiger partial charge in [0.05, 0.1) is 0 Å². The molecule has 0 aliphatic carbocycles. The molecule has 114 valence electrons. The number of nitrogens with one attached hydrogen (secondary N) is 1. The van der Waals surface area contributed by atoms with Gasteiger partial charge in [-0.05, 0) is 40.0 Å². The SMILES string of the molecule is CC(C)c1nsc(N2CCCCC2CNC(C)(C)C)n1. The van der Waals surface area contributed by atoms with Crippen LogP contribution in [0.3, 0.4) is 0 Å². The Hall–Kier alpha value is -0.680. The minimum atomic E-state index is 0.174. The number of nitrogens with zero attached hydrogens (tertiary/aromatic N) is 3. The Kier molecular flexibility index (Phi) is 5.02. The summed E-state index contributed by atoms with van der Waals surface area (Å²) in [6.07, 6.45) is 3.84. The molecule has 5 heteroatoms. The number of hydrogen-bond donors (Lipinski definition) is 1. The van der Waals surface area contributed by atoms with Crippen LogP contribution in [0.5, 0.6) is 0 Å². The fourth-order valence-electron chi connectivity index (χ4n) is 2.47. The van der Waals surface area contributed by atoms with Crippen molar-refractivity contribution in [1.29, 1.82) is 0 Å². The van der Waals surface area contributed by atoms with E-state index < -0.39 is 0 Å². The van der Waals surface area contributed by atoms with Crippen molar-refractivity contribution in [1.82, 2.24) is 14.7 Å². The van der Waals surface area contributed by atoms with E-state index in [1.54, 1.807) is 11.5 Å². The zero-order valence-electron chi connectivity index (χ0n) is 13.4. The van der Waals surface area contributed by atoms with Gasteiger partial charge in [0.15, 0.2) is 0 Å². The van der Waals surface area contributed by atoms with E-state index in [1.807, 2.05) is 0 Å². The Morgan fingerprint density at radius 2 is 2.10 bits per heavy atom. The normalized spacial score (nSPS) is 20.7. The second-order valence-corrected chi connectivity index (χ2v) is 7.79. The van der Waals surface area contributed by atoms with Crippen molar-refractivity contribution in [3.8, 4) is 0 Å². The summed E-state index contributed by atoms with van der Waals surface area (Å²) in [5, 5.41) is 4.74. The van der Waals surface area contributed by atoms with Gasteiger partial charge in [0, 0.05) is 42.1 Å². The Morgan fingerprint density at radius 3 is 2.70 bits per heavy atom. The molecule has 2 rings (SSSR count). The summed E-state index contributed by atoms with van der Waals surface area (Å²) in [5.41, 5.74) is 0.174. The molecule has 4 nitrogen and oxygen atoms in total. The van der Waals surface area contributed by atoms with Crippen LogP contribution in [0.25, 0.3) is 0 Å². The van der Waals surface area contributed by atoms with Crippen LogP contribution in [0.1, 0.15) is 65.6 Å². The smallest absolute Gasteiger partial charge is 0.205 e. The van der Waals surface area contributed by atoms with Crippen molar-refractivity contribution >= 4 is 16.7 Å². The molecule has 0 spiro atoms. The summed E-state index contributed by atoms with van der Waals surface area (Å²) in [7, 11) is 0. The first-order valence-corrected chi connectivity index (χ1v) is 8.49. The molecule has 1 fully saturated rings. The predicted molar refractivity (Wildman–Crippen MR) is 86.7 cm³/mol. The first-order chi connectivity index (χ1) is 9.37. The minimum Gasteiger partial charge on any atom is -0.343 e. The summed E-state index contributed by atoms with van der Waals surface area (Å²) in [5.74, 6) is 1.40. The van der Waals surface area contributed by atoms with Crippen LogP contribution in [0, 0.1) is 0 Å².